The summed E-state index contributed by atoms with van der Waals surface area (Å²) in [6, 6.07) is 7.05. The van der Waals surface area contributed by atoms with E-state index in [1.165, 1.54) is 4.31 Å². The van der Waals surface area contributed by atoms with E-state index in [0.717, 1.165) is 5.69 Å². The zero-order valence-corrected chi connectivity index (χ0v) is 14.6. The number of anilines is 2. The molecule has 1 aliphatic heterocycles. The number of rotatable bonds is 4. The summed E-state index contributed by atoms with van der Waals surface area (Å²) in [4.78, 5) is 1.84. The number of nitriles is 1. The van der Waals surface area contributed by atoms with Crippen LogP contribution >= 0.6 is 0 Å². The van der Waals surface area contributed by atoms with E-state index >= 15 is 0 Å². The molecule has 1 fully saturated rings. The number of nitrogens with zero attached hydrogens (tertiary/aromatic N) is 3. The smallest absolute Gasteiger partial charge is 0.301 e. The Morgan fingerprint density at radius 2 is 2.09 bits per heavy atom. The van der Waals surface area contributed by atoms with E-state index in [1.54, 1.807) is 18.2 Å². The van der Waals surface area contributed by atoms with Gasteiger partial charge >= 0.3 is 10.2 Å². The number of benzene rings is 1. The van der Waals surface area contributed by atoms with Crippen LogP contribution in [0, 0.1) is 11.3 Å². The highest BCUT2D eigenvalue weighted by Crippen LogP contribution is 2.25. The standard InChI is InChI=1S/C15H22N4O3S/c1-15(2)11-19(7-8-22-15)23(20,21)17-14-9-13(18(3)4)6-5-12(14)10-16/h5-6,9,17H,7-8,11H2,1-4H3. The lowest BCUT2D eigenvalue weighted by Gasteiger charge is -2.37. The van der Waals surface area contributed by atoms with Gasteiger partial charge in [-0.1, -0.05) is 0 Å². The highest BCUT2D eigenvalue weighted by molar-refractivity contribution is 7.90. The van der Waals surface area contributed by atoms with Gasteiger partial charge in [0.05, 0.1) is 23.5 Å². The molecule has 0 bridgehead atoms. The van der Waals surface area contributed by atoms with Gasteiger partial charge in [0.2, 0.25) is 0 Å². The normalized spacial score (nSPS) is 18.2. The average molecular weight is 338 g/mol. The third kappa shape index (κ3) is 4.13. The molecule has 0 radical (unpaired) electrons. The van der Waals surface area contributed by atoms with Crippen molar-refractivity contribution in [1.82, 2.24) is 4.31 Å². The average Bonchev–Trinajstić information content (AvgIpc) is 2.45. The molecule has 0 spiro atoms. The van der Waals surface area contributed by atoms with Crippen LogP contribution in [-0.2, 0) is 14.9 Å². The summed E-state index contributed by atoms with van der Waals surface area (Å²) in [6.07, 6.45) is 0. The predicted molar refractivity (Wildman–Crippen MR) is 89.6 cm³/mol. The minimum Gasteiger partial charge on any atom is -0.378 e. The van der Waals surface area contributed by atoms with Gasteiger partial charge in [0.15, 0.2) is 0 Å². The van der Waals surface area contributed by atoms with Crippen molar-refractivity contribution in [3.63, 3.8) is 0 Å². The molecule has 1 aromatic carbocycles. The molecule has 7 nitrogen and oxygen atoms in total. The second kappa shape index (κ2) is 6.35. The monoisotopic (exact) mass is 338 g/mol. The first kappa shape index (κ1) is 17.5. The molecule has 0 saturated carbocycles. The lowest BCUT2D eigenvalue weighted by molar-refractivity contribution is -0.0638. The van der Waals surface area contributed by atoms with Crippen molar-refractivity contribution >= 4 is 21.6 Å². The maximum atomic E-state index is 12.6. The number of nitrogens with one attached hydrogen (secondary N) is 1. The summed E-state index contributed by atoms with van der Waals surface area (Å²) in [5.74, 6) is 0. The van der Waals surface area contributed by atoms with E-state index in [9.17, 15) is 13.7 Å². The lowest BCUT2D eigenvalue weighted by Crippen LogP contribution is -2.52. The van der Waals surface area contributed by atoms with Crippen LogP contribution in [0.3, 0.4) is 0 Å². The Labute approximate surface area is 137 Å². The Hall–Kier alpha value is -1.82. The van der Waals surface area contributed by atoms with Crippen LogP contribution in [0.5, 0.6) is 0 Å². The first-order valence-corrected chi connectivity index (χ1v) is 8.72. The topological polar surface area (TPSA) is 85.7 Å². The molecule has 0 aromatic heterocycles. The van der Waals surface area contributed by atoms with Crippen molar-refractivity contribution in [3.05, 3.63) is 23.8 Å². The van der Waals surface area contributed by atoms with Crippen molar-refractivity contribution < 1.29 is 13.2 Å². The molecule has 8 heteroatoms. The minimum absolute atomic E-state index is 0.261. The minimum atomic E-state index is -3.75. The second-order valence-electron chi connectivity index (χ2n) is 6.28. The number of morpholine rings is 1. The maximum Gasteiger partial charge on any atom is 0.301 e. The second-order valence-corrected chi connectivity index (χ2v) is 7.96. The van der Waals surface area contributed by atoms with Crippen molar-refractivity contribution in [2.45, 2.75) is 19.4 Å². The molecule has 0 atom stereocenters. The Morgan fingerprint density at radius 1 is 1.39 bits per heavy atom. The fourth-order valence-corrected chi connectivity index (χ4v) is 3.75. The van der Waals surface area contributed by atoms with Crippen LogP contribution < -0.4 is 9.62 Å². The van der Waals surface area contributed by atoms with Crippen LogP contribution in [-0.4, -0.2) is 52.1 Å². The predicted octanol–water partition coefficient (Wildman–Crippen LogP) is 1.39. The summed E-state index contributed by atoms with van der Waals surface area (Å²) >= 11 is 0. The van der Waals surface area contributed by atoms with Crippen LogP contribution in [0.4, 0.5) is 11.4 Å². The van der Waals surface area contributed by atoms with E-state index < -0.39 is 15.8 Å². The molecule has 23 heavy (non-hydrogen) atoms. The molecule has 2 rings (SSSR count). The molecule has 1 N–H and O–H groups in total. The zero-order chi connectivity index (χ0) is 17.3. The number of ether oxygens (including phenoxy) is 1. The van der Waals surface area contributed by atoms with E-state index in [0.29, 0.717) is 6.61 Å². The molecule has 0 unspecified atom stereocenters. The fourth-order valence-electron chi connectivity index (χ4n) is 2.37. The highest BCUT2D eigenvalue weighted by atomic mass is 32.2. The summed E-state index contributed by atoms with van der Waals surface area (Å²) in [6.45, 7) is 4.59. The Bertz CT molecular complexity index is 723. The van der Waals surface area contributed by atoms with Crippen LogP contribution in [0.25, 0.3) is 0 Å². The van der Waals surface area contributed by atoms with Crippen LogP contribution in [0.15, 0.2) is 18.2 Å². The van der Waals surface area contributed by atoms with Crippen molar-refractivity contribution in [2.75, 3.05) is 43.4 Å². The third-order valence-corrected chi connectivity index (χ3v) is 5.08. The maximum absolute atomic E-state index is 12.6. The van der Waals surface area contributed by atoms with Gasteiger partial charge in [0.25, 0.3) is 0 Å². The van der Waals surface area contributed by atoms with E-state index in [-0.39, 0.29) is 24.3 Å². The molecular weight excluding hydrogens is 316 g/mol. The van der Waals surface area contributed by atoms with Gasteiger partial charge in [0, 0.05) is 32.9 Å². The molecule has 1 saturated heterocycles. The molecule has 1 aromatic rings. The third-order valence-electron chi connectivity index (χ3n) is 3.61. The quantitative estimate of drug-likeness (QED) is 0.897. The molecule has 0 aliphatic carbocycles. The molecule has 126 valence electrons. The van der Waals surface area contributed by atoms with Gasteiger partial charge in [0.1, 0.15) is 6.07 Å². The summed E-state index contributed by atoms with van der Waals surface area (Å²) < 4.78 is 34.7. The summed E-state index contributed by atoms with van der Waals surface area (Å²) in [7, 11) is -0.0461. The molecule has 0 amide bonds. The summed E-state index contributed by atoms with van der Waals surface area (Å²) in [5.41, 5.74) is 0.843. The Balaban J connectivity index is 2.30. The lowest BCUT2D eigenvalue weighted by atomic mass is 10.1. The van der Waals surface area contributed by atoms with Gasteiger partial charge in [-0.15, -0.1) is 0 Å². The highest BCUT2D eigenvalue weighted by Gasteiger charge is 2.34. The van der Waals surface area contributed by atoms with Gasteiger partial charge in [-0.3, -0.25) is 4.72 Å². The van der Waals surface area contributed by atoms with E-state index in [1.807, 2.05) is 38.9 Å². The first-order valence-electron chi connectivity index (χ1n) is 7.28. The van der Waals surface area contributed by atoms with Gasteiger partial charge in [-0.05, 0) is 32.0 Å². The van der Waals surface area contributed by atoms with Crippen molar-refractivity contribution in [1.29, 1.82) is 5.26 Å². The van der Waals surface area contributed by atoms with Crippen LogP contribution in [0.2, 0.25) is 0 Å². The molecular formula is C15H22N4O3S. The first-order chi connectivity index (χ1) is 10.6. The largest absolute Gasteiger partial charge is 0.378 e. The number of hydrogen-bond donors (Lipinski definition) is 1. The van der Waals surface area contributed by atoms with E-state index in [4.69, 9.17) is 4.74 Å². The van der Waals surface area contributed by atoms with Crippen LogP contribution in [0.1, 0.15) is 19.4 Å². The summed E-state index contributed by atoms with van der Waals surface area (Å²) in [5, 5.41) is 9.21. The SMILES string of the molecule is CN(C)c1ccc(C#N)c(NS(=O)(=O)N2CCOC(C)(C)C2)c1. The number of hydrogen-bond acceptors (Lipinski definition) is 5. The Kier molecular flexibility index (Phi) is 4.84. The molecule has 1 heterocycles. The molecule has 1 aliphatic rings. The zero-order valence-electron chi connectivity index (χ0n) is 13.8. The Morgan fingerprint density at radius 3 is 2.65 bits per heavy atom. The fraction of sp³-hybridized carbons (Fsp3) is 0.533. The van der Waals surface area contributed by atoms with Gasteiger partial charge in [-0.25, -0.2) is 0 Å². The van der Waals surface area contributed by atoms with E-state index in [2.05, 4.69) is 4.72 Å². The van der Waals surface area contributed by atoms with Gasteiger partial charge in [-0.2, -0.15) is 18.0 Å². The van der Waals surface area contributed by atoms with Gasteiger partial charge < -0.3 is 9.64 Å². The van der Waals surface area contributed by atoms with Crippen molar-refractivity contribution in [2.24, 2.45) is 0 Å². The van der Waals surface area contributed by atoms with Crippen molar-refractivity contribution in [3.8, 4) is 6.07 Å².